The molecule has 14 heteroatoms. The molecule has 2 heterocycles. The van der Waals surface area contributed by atoms with Crippen LogP contribution in [-0.4, -0.2) is 85.8 Å². The highest BCUT2D eigenvalue weighted by molar-refractivity contribution is 7.92. The highest BCUT2D eigenvalue weighted by Gasteiger charge is 2.22. The molecule has 4 aromatic rings. The average Bonchev–Trinajstić information content (AvgIpc) is 3.48. The lowest BCUT2D eigenvalue weighted by atomic mass is 9.88. The normalized spacial score (nSPS) is 14.0. The molecule has 0 bridgehead atoms. The Morgan fingerprint density at radius 2 is 1.56 bits per heavy atom. The smallest absolute Gasteiger partial charge is 0.323 e. The van der Waals surface area contributed by atoms with Gasteiger partial charge in [-0.1, -0.05) is 24.3 Å². The fraction of sp³-hybridized carbons (Fsp3) is 0.323. The predicted molar refractivity (Wildman–Crippen MR) is 171 cm³/mol. The van der Waals surface area contributed by atoms with Gasteiger partial charge in [-0.05, 0) is 66.1 Å². The van der Waals surface area contributed by atoms with E-state index in [4.69, 9.17) is 4.74 Å². The van der Waals surface area contributed by atoms with Gasteiger partial charge in [-0.2, -0.15) is 9.36 Å². The number of urea groups is 1. The summed E-state index contributed by atoms with van der Waals surface area (Å²) < 4.78 is 62.7. The van der Waals surface area contributed by atoms with Crippen LogP contribution in [0.25, 0.3) is 11.4 Å². The predicted octanol–water partition coefficient (Wildman–Crippen LogP) is 5.24. The summed E-state index contributed by atoms with van der Waals surface area (Å²) in [6.07, 6.45) is 1.59. The lowest BCUT2D eigenvalue weighted by Gasteiger charge is -2.31. The van der Waals surface area contributed by atoms with Crippen LogP contribution in [0.1, 0.15) is 23.5 Å². The summed E-state index contributed by atoms with van der Waals surface area (Å²) >= 11 is 1.04. The van der Waals surface area contributed by atoms with Gasteiger partial charge in [0, 0.05) is 61.4 Å². The Morgan fingerprint density at radius 3 is 2.13 bits per heavy atom. The first-order valence-electron chi connectivity index (χ1n) is 14.4. The van der Waals surface area contributed by atoms with Crippen molar-refractivity contribution in [2.75, 3.05) is 62.2 Å². The molecular weight excluding hydrogens is 623 g/mol. The van der Waals surface area contributed by atoms with Crippen molar-refractivity contribution in [2.45, 2.75) is 12.3 Å². The number of rotatable bonds is 12. The summed E-state index contributed by atoms with van der Waals surface area (Å²) in [5.41, 5.74) is 2.81. The lowest BCUT2D eigenvalue weighted by molar-refractivity contribution is 0.0351. The number of carbonyl (C=O) groups is 1. The molecule has 0 atom stereocenters. The van der Waals surface area contributed by atoms with E-state index in [1.165, 1.54) is 24.3 Å². The minimum atomic E-state index is -3.40. The molecular formula is C31H34F2N6O4S2. The zero-order valence-electron chi connectivity index (χ0n) is 24.7. The average molecular weight is 657 g/mol. The quantitative estimate of drug-likeness (QED) is 0.214. The zero-order valence-corrected chi connectivity index (χ0v) is 26.3. The van der Waals surface area contributed by atoms with E-state index < -0.39 is 10.0 Å². The molecule has 0 unspecified atom stereocenters. The number of carbonyl (C=O) groups excluding carboxylic acids is 1. The van der Waals surface area contributed by atoms with Gasteiger partial charge in [0.05, 0.1) is 19.5 Å². The van der Waals surface area contributed by atoms with Gasteiger partial charge in [-0.25, -0.2) is 22.0 Å². The molecule has 3 aromatic carbocycles. The molecule has 0 saturated carbocycles. The van der Waals surface area contributed by atoms with Crippen LogP contribution in [0.4, 0.5) is 24.4 Å². The van der Waals surface area contributed by atoms with E-state index in [2.05, 4.69) is 24.3 Å². The number of hydrogen-bond donors (Lipinski definition) is 2. The van der Waals surface area contributed by atoms with E-state index in [9.17, 15) is 22.0 Å². The summed E-state index contributed by atoms with van der Waals surface area (Å²) in [7, 11) is -3.40. The molecule has 1 fully saturated rings. The van der Waals surface area contributed by atoms with Gasteiger partial charge >= 0.3 is 6.03 Å². The van der Waals surface area contributed by atoms with E-state index in [-0.39, 0.29) is 23.6 Å². The van der Waals surface area contributed by atoms with Crippen LogP contribution < -0.4 is 10.0 Å². The lowest BCUT2D eigenvalue weighted by Crippen LogP contribution is -2.44. The van der Waals surface area contributed by atoms with Crippen molar-refractivity contribution in [1.29, 1.82) is 0 Å². The number of morpholine rings is 1. The van der Waals surface area contributed by atoms with Gasteiger partial charge in [0.15, 0.2) is 5.82 Å². The van der Waals surface area contributed by atoms with Crippen LogP contribution in [-0.2, 0) is 14.8 Å². The van der Waals surface area contributed by atoms with Crippen molar-refractivity contribution < 1.29 is 26.7 Å². The minimum Gasteiger partial charge on any atom is -0.379 e. The van der Waals surface area contributed by atoms with Gasteiger partial charge in [-0.15, -0.1) is 0 Å². The number of sulfonamides is 1. The highest BCUT2D eigenvalue weighted by Crippen LogP contribution is 2.29. The maximum atomic E-state index is 13.7. The number of amides is 2. The van der Waals surface area contributed by atoms with E-state index >= 15 is 0 Å². The van der Waals surface area contributed by atoms with Crippen LogP contribution in [0.2, 0.25) is 0 Å². The maximum absolute atomic E-state index is 13.7. The SMILES string of the molecule is CS(=O)(=O)Nc1ccc(-c2nsc(NC(=O)N(CCC(c3ccc(F)cc3)c3ccc(F)cc3)CCN3CCOCC3)n2)cc1. The van der Waals surface area contributed by atoms with Crippen molar-refractivity contribution in [2.24, 2.45) is 0 Å². The number of ether oxygens (including phenoxy) is 1. The Labute approximate surface area is 265 Å². The van der Waals surface area contributed by atoms with E-state index in [1.54, 1.807) is 53.4 Å². The number of nitrogens with one attached hydrogen (secondary N) is 2. The molecule has 0 spiro atoms. The van der Waals surface area contributed by atoms with Crippen LogP contribution in [0.5, 0.6) is 0 Å². The number of nitrogens with zero attached hydrogens (tertiary/aromatic N) is 4. The van der Waals surface area contributed by atoms with Gasteiger partial charge in [0.1, 0.15) is 11.6 Å². The second kappa shape index (κ2) is 14.9. The fourth-order valence-corrected chi connectivity index (χ4v) is 6.21. The van der Waals surface area contributed by atoms with E-state index in [0.717, 1.165) is 42.0 Å². The second-order valence-electron chi connectivity index (χ2n) is 10.7. The number of aromatic nitrogens is 2. The summed E-state index contributed by atoms with van der Waals surface area (Å²) in [5.74, 6) is -0.492. The topological polar surface area (TPSA) is 117 Å². The number of halogens is 2. The molecule has 238 valence electrons. The summed E-state index contributed by atoms with van der Waals surface area (Å²) in [5, 5.41) is 3.20. The van der Waals surface area contributed by atoms with Gasteiger partial charge < -0.3 is 9.64 Å². The molecule has 1 aliphatic rings. The molecule has 10 nitrogen and oxygen atoms in total. The molecule has 2 N–H and O–H groups in total. The van der Waals surface area contributed by atoms with Gasteiger partial charge in [0.2, 0.25) is 15.2 Å². The van der Waals surface area contributed by atoms with Crippen molar-refractivity contribution in [3.63, 3.8) is 0 Å². The third kappa shape index (κ3) is 9.50. The Hall–Kier alpha value is -3.98. The van der Waals surface area contributed by atoms with Crippen LogP contribution >= 0.6 is 11.5 Å². The molecule has 1 saturated heterocycles. The largest absolute Gasteiger partial charge is 0.379 e. The van der Waals surface area contributed by atoms with Gasteiger partial charge in [0.25, 0.3) is 0 Å². The molecule has 0 aliphatic carbocycles. The van der Waals surface area contributed by atoms with E-state index in [0.29, 0.717) is 61.5 Å². The van der Waals surface area contributed by atoms with Gasteiger partial charge in [-0.3, -0.25) is 14.9 Å². The summed E-state index contributed by atoms with van der Waals surface area (Å²) in [6, 6.07) is 18.7. The Morgan fingerprint density at radius 1 is 0.956 bits per heavy atom. The van der Waals surface area contributed by atoms with Crippen LogP contribution in [0.3, 0.4) is 0 Å². The molecule has 0 radical (unpaired) electrons. The maximum Gasteiger partial charge on any atom is 0.323 e. The Bertz CT molecular complexity index is 1620. The molecule has 1 aliphatic heterocycles. The zero-order chi connectivity index (χ0) is 31.8. The number of hydrogen-bond acceptors (Lipinski definition) is 8. The summed E-state index contributed by atoms with van der Waals surface area (Å²) in [4.78, 5) is 22.1. The molecule has 1 aromatic heterocycles. The first kappa shape index (κ1) is 32.4. The Kier molecular flexibility index (Phi) is 10.7. The standard InChI is InChI=1S/C31H34F2N6O4S2/c1-45(41,42)37-27-12-6-24(7-13-27)29-34-30(44-36-29)35-31(40)39(17-16-38-18-20-43-21-19-38)15-14-28(22-2-8-25(32)9-3-22)23-4-10-26(33)11-5-23/h2-13,28,37H,14-21H2,1H3,(H,34,35,36,40). The first-order valence-corrected chi connectivity index (χ1v) is 17.1. The number of anilines is 2. The monoisotopic (exact) mass is 656 g/mol. The van der Waals surface area contributed by atoms with Crippen LogP contribution in [0.15, 0.2) is 72.8 Å². The minimum absolute atomic E-state index is 0.196. The highest BCUT2D eigenvalue weighted by atomic mass is 32.2. The van der Waals surface area contributed by atoms with Crippen molar-refractivity contribution in [3.8, 4) is 11.4 Å². The van der Waals surface area contributed by atoms with E-state index in [1.807, 2.05) is 0 Å². The fourth-order valence-electron chi connectivity index (χ4n) is 5.07. The first-order chi connectivity index (χ1) is 21.6. The summed E-state index contributed by atoms with van der Waals surface area (Å²) in [6.45, 7) is 4.32. The second-order valence-corrected chi connectivity index (χ2v) is 13.2. The third-order valence-electron chi connectivity index (χ3n) is 7.40. The van der Waals surface area contributed by atoms with Crippen molar-refractivity contribution >= 4 is 38.4 Å². The Balaban J connectivity index is 1.30. The third-order valence-corrected chi connectivity index (χ3v) is 8.63. The van der Waals surface area contributed by atoms with Crippen molar-refractivity contribution in [1.82, 2.24) is 19.2 Å². The van der Waals surface area contributed by atoms with Crippen molar-refractivity contribution in [3.05, 3.63) is 95.6 Å². The molecule has 2 amide bonds. The van der Waals surface area contributed by atoms with Crippen LogP contribution in [0, 0.1) is 11.6 Å². The number of benzene rings is 3. The molecule has 45 heavy (non-hydrogen) atoms. The molecule has 5 rings (SSSR count).